The molecule has 1 aliphatic carbocycles. The van der Waals surface area contributed by atoms with E-state index in [4.69, 9.17) is 4.99 Å². The monoisotopic (exact) mass is 226 g/mol. The SMILES string of the molecule is CC1CCSC(=NC2CCCC2(C)C)N1. The predicted octanol–water partition coefficient (Wildman–Crippen LogP) is 3.04. The van der Waals surface area contributed by atoms with Gasteiger partial charge in [0.2, 0.25) is 0 Å². The van der Waals surface area contributed by atoms with Crippen LogP contribution in [0, 0.1) is 5.41 Å². The molecule has 2 nitrogen and oxygen atoms in total. The third-order valence-corrected chi connectivity index (χ3v) is 4.57. The maximum Gasteiger partial charge on any atom is 0.157 e. The van der Waals surface area contributed by atoms with E-state index in [1.54, 1.807) is 0 Å². The standard InChI is InChI=1S/C12H22N2S/c1-9-6-8-15-11(13-9)14-10-5-4-7-12(10,2)3/h9-10H,4-8H2,1-3H3,(H,13,14). The van der Waals surface area contributed by atoms with Crippen LogP contribution in [0.5, 0.6) is 0 Å². The van der Waals surface area contributed by atoms with Crippen LogP contribution in [0.1, 0.15) is 46.5 Å². The lowest BCUT2D eigenvalue weighted by molar-refractivity contribution is 0.334. The van der Waals surface area contributed by atoms with Crippen LogP contribution < -0.4 is 5.32 Å². The van der Waals surface area contributed by atoms with Gasteiger partial charge in [0.25, 0.3) is 0 Å². The van der Waals surface area contributed by atoms with Crippen molar-refractivity contribution in [3.8, 4) is 0 Å². The van der Waals surface area contributed by atoms with Gasteiger partial charge >= 0.3 is 0 Å². The maximum absolute atomic E-state index is 4.91. The zero-order valence-corrected chi connectivity index (χ0v) is 10.9. The van der Waals surface area contributed by atoms with Crippen molar-refractivity contribution in [3.63, 3.8) is 0 Å². The first kappa shape index (κ1) is 11.3. The number of hydrogen-bond donors (Lipinski definition) is 1. The zero-order valence-electron chi connectivity index (χ0n) is 10.0. The lowest BCUT2D eigenvalue weighted by Crippen LogP contribution is -2.37. The minimum absolute atomic E-state index is 0.413. The molecule has 2 rings (SSSR count). The summed E-state index contributed by atoms with van der Waals surface area (Å²) in [6.45, 7) is 6.95. The summed E-state index contributed by atoms with van der Waals surface area (Å²) in [7, 11) is 0. The minimum Gasteiger partial charge on any atom is -0.362 e. The van der Waals surface area contributed by atoms with Crippen molar-refractivity contribution < 1.29 is 0 Å². The fourth-order valence-corrected chi connectivity index (χ4v) is 3.57. The van der Waals surface area contributed by atoms with Gasteiger partial charge in [-0.15, -0.1) is 0 Å². The van der Waals surface area contributed by atoms with Gasteiger partial charge in [-0.25, -0.2) is 0 Å². The molecular formula is C12H22N2S. The summed E-state index contributed by atoms with van der Waals surface area (Å²) in [5.74, 6) is 1.22. The van der Waals surface area contributed by atoms with E-state index in [0.29, 0.717) is 17.5 Å². The van der Waals surface area contributed by atoms with E-state index < -0.39 is 0 Å². The second kappa shape index (κ2) is 4.36. The number of aliphatic imine (C=N–C) groups is 1. The Morgan fingerprint density at radius 2 is 2.20 bits per heavy atom. The van der Waals surface area contributed by atoms with Crippen LogP contribution >= 0.6 is 11.8 Å². The lowest BCUT2D eigenvalue weighted by atomic mass is 9.88. The molecule has 0 amide bonds. The van der Waals surface area contributed by atoms with Crippen LogP contribution in [0.15, 0.2) is 4.99 Å². The highest BCUT2D eigenvalue weighted by Gasteiger charge is 2.34. The normalized spacial score (nSPS) is 37.9. The van der Waals surface area contributed by atoms with Crippen molar-refractivity contribution >= 4 is 16.9 Å². The van der Waals surface area contributed by atoms with Crippen LogP contribution in [0.3, 0.4) is 0 Å². The van der Waals surface area contributed by atoms with Gasteiger partial charge in [-0.05, 0) is 31.6 Å². The summed E-state index contributed by atoms with van der Waals surface area (Å²) in [5, 5.41) is 4.68. The van der Waals surface area contributed by atoms with Gasteiger partial charge in [0.1, 0.15) is 0 Å². The second-order valence-electron chi connectivity index (χ2n) is 5.51. The third kappa shape index (κ3) is 2.68. The second-order valence-corrected chi connectivity index (χ2v) is 6.60. The Labute approximate surface area is 97.3 Å². The topological polar surface area (TPSA) is 24.4 Å². The van der Waals surface area contributed by atoms with Gasteiger partial charge in [0.15, 0.2) is 5.17 Å². The van der Waals surface area contributed by atoms with Gasteiger partial charge in [0.05, 0.1) is 6.04 Å². The Morgan fingerprint density at radius 1 is 1.40 bits per heavy atom. The van der Waals surface area contributed by atoms with E-state index in [0.717, 1.165) is 0 Å². The van der Waals surface area contributed by atoms with E-state index in [1.807, 2.05) is 11.8 Å². The van der Waals surface area contributed by atoms with Crippen LogP contribution in [0.2, 0.25) is 0 Å². The van der Waals surface area contributed by atoms with Gasteiger partial charge in [0, 0.05) is 11.8 Å². The number of amidine groups is 1. The third-order valence-electron chi connectivity index (χ3n) is 3.63. The molecule has 2 atom stereocenters. The Hall–Kier alpha value is -0.180. The molecule has 2 fully saturated rings. The molecule has 86 valence electrons. The van der Waals surface area contributed by atoms with E-state index in [9.17, 15) is 0 Å². The van der Waals surface area contributed by atoms with Crippen LogP contribution in [-0.4, -0.2) is 23.0 Å². The number of rotatable bonds is 1. The minimum atomic E-state index is 0.413. The summed E-state index contributed by atoms with van der Waals surface area (Å²) in [5.41, 5.74) is 0.413. The molecule has 3 heteroatoms. The van der Waals surface area contributed by atoms with Crippen molar-refractivity contribution in [3.05, 3.63) is 0 Å². The molecule has 15 heavy (non-hydrogen) atoms. The molecule has 2 unspecified atom stereocenters. The first-order chi connectivity index (χ1) is 7.08. The predicted molar refractivity (Wildman–Crippen MR) is 68.5 cm³/mol. The Bertz CT molecular complexity index is 260. The van der Waals surface area contributed by atoms with E-state index in [-0.39, 0.29) is 0 Å². The molecular weight excluding hydrogens is 204 g/mol. The van der Waals surface area contributed by atoms with Gasteiger partial charge < -0.3 is 5.32 Å². The van der Waals surface area contributed by atoms with Gasteiger partial charge in [-0.2, -0.15) is 0 Å². The van der Waals surface area contributed by atoms with Crippen LogP contribution in [-0.2, 0) is 0 Å². The van der Waals surface area contributed by atoms with Crippen molar-refractivity contribution in [1.82, 2.24) is 5.32 Å². The molecule has 0 spiro atoms. The summed E-state index contributed by atoms with van der Waals surface area (Å²) >= 11 is 1.89. The molecule has 0 aromatic carbocycles. The zero-order chi connectivity index (χ0) is 10.9. The van der Waals surface area contributed by atoms with Gasteiger partial charge in [-0.3, -0.25) is 4.99 Å². The molecule has 0 aromatic rings. The summed E-state index contributed by atoms with van der Waals surface area (Å²) in [6.07, 6.45) is 5.20. The number of nitrogens with zero attached hydrogens (tertiary/aromatic N) is 1. The van der Waals surface area contributed by atoms with Crippen LogP contribution in [0.25, 0.3) is 0 Å². The molecule has 2 aliphatic rings. The summed E-state index contributed by atoms with van der Waals surface area (Å²) in [4.78, 5) is 4.91. The van der Waals surface area contributed by atoms with Gasteiger partial charge in [-0.1, -0.05) is 32.0 Å². The fraction of sp³-hybridized carbons (Fsp3) is 0.917. The highest BCUT2D eigenvalue weighted by Crippen LogP contribution is 2.39. The van der Waals surface area contributed by atoms with Crippen molar-refractivity contribution in [2.45, 2.75) is 58.5 Å². The summed E-state index contributed by atoms with van der Waals surface area (Å²) < 4.78 is 0. The quantitative estimate of drug-likeness (QED) is 0.743. The smallest absolute Gasteiger partial charge is 0.157 e. The lowest BCUT2D eigenvalue weighted by Gasteiger charge is -2.27. The van der Waals surface area contributed by atoms with Crippen molar-refractivity contribution in [2.75, 3.05) is 5.75 Å². The van der Waals surface area contributed by atoms with E-state index in [1.165, 1.54) is 36.6 Å². The maximum atomic E-state index is 4.91. The van der Waals surface area contributed by atoms with E-state index in [2.05, 4.69) is 26.1 Å². The number of hydrogen-bond acceptors (Lipinski definition) is 2. The Morgan fingerprint density at radius 3 is 2.80 bits per heavy atom. The van der Waals surface area contributed by atoms with Crippen LogP contribution in [0.4, 0.5) is 0 Å². The van der Waals surface area contributed by atoms with Crippen molar-refractivity contribution in [2.24, 2.45) is 10.4 Å². The first-order valence-corrected chi connectivity index (χ1v) is 7.03. The average Bonchev–Trinajstić information content (AvgIpc) is 2.46. The van der Waals surface area contributed by atoms with E-state index >= 15 is 0 Å². The average molecular weight is 226 g/mol. The fourth-order valence-electron chi connectivity index (χ4n) is 2.42. The van der Waals surface area contributed by atoms with Crippen molar-refractivity contribution in [1.29, 1.82) is 0 Å². The molecule has 1 saturated heterocycles. The molecule has 0 bridgehead atoms. The molecule has 1 aliphatic heterocycles. The Kier molecular flexibility index (Phi) is 3.29. The largest absolute Gasteiger partial charge is 0.362 e. The number of thioether (sulfide) groups is 1. The molecule has 1 N–H and O–H groups in total. The summed E-state index contributed by atoms with van der Waals surface area (Å²) in [6, 6.07) is 1.15. The molecule has 0 aromatic heterocycles. The molecule has 1 heterocycles. The highest BCUT2D eigenvalue weighted by atomic mass is 32.2. The first-order valence-electron chi connectivity index (χ1n) is 6.05. The molecule has 1 saturated carbocycles. The number of nitrogens with one attached hydrogen (secondary N) is 1. The Balaban J connectivity index is 2.02. The highest BCUT2D eigenvalue weighted by molar-refractivity contribution is 8.13. The molecule has 0 radical (unpaired) electrons.